The quantitative estimate of drug-likeness (QED) is 0.319. The average molecular weight is 547 g/mol. The number of amides is 1. The highest BCUT2D eigenvalue weighted by atomic mass is 35.5. The number of sulfonamides is 1. The van der Waals surface area contributed by atoms with Crippen molar-refractivity contribution < 1.29 is 13.2 Å². The first-order valence-corrected chi connectivity index (χ1v) is 14.7. The molecule has 5 rings (SSSR count). The first-order valence-electron chi connectivity index (χ1n) is 11.2. The van der Waals surface area contributed by atoms with E-state index < -0.39 is 16.1 Å². The number of thiazole rings is 1. The largest absolute Gasteiger partial charge is 0.282 e. The van der Waals surface area contributed by atoms with Gasteiger partial charge in [-0.05, 0) is 60.5 Å². The fourth-order valence-corrected chi connectivity index (χ4v) is 8.22. The Balaban J connectivity index is 1.56. The Morgan fingerprint density at radius 3 is 2.83 bits per heavy atom. The molecular formula is C24H23ClN4O3S3. The van der Waals surface area contributed by atoms with E-state index in [1.54, 1.807) is 34.8 Å². The normalized spacial score (nSPS) is 17.0. The Morgan fingerprint density at radius 1 is 1.23 bits per heavy atom. The summed E-state index contributed by atoms with van der Waals surface area (Å²) in [4.78, 5) is 24.7. The van der Waals surface area contributed by atoms with E-state index in [-0.39, 0.29) is 16.7 Å². The van der Waals surface area contributed by atoms with E-state index in [9.17, 15) is 13.2 Å². The number of thiophene rings is 1. The van der Waals surface area contributed by atoms with Gasteiger partial charge in [-0.2, -0.15) is 4.31 Å². The number of piperidine rings is 1. The minimum absolute atomic E-state index is 0.239. The number of halogens is 1. The van der Waals surface area contributed by atoms with Crippen LogP contribution in [0.4, 0.5) is 5.13 Å². The zero-order chi connectivity index (χ0) is 24.6. The zero-order valence-electron chi connectivity index (χ0n) is 18.9. The molecule has 1 atom stereocenters. The molecule has 1 fully saturated rings. The van der Waals surface area contributed by atoms with Crippen LogP contribution < -0.4 is 4.90 Å². The van der Waals surface area contributed by atoms with E-state index in [2.05, 4.69) is 4.98 Å². The molecular weight excluding hydrogens is 524 g/mol. The fourth-order valence-electron chi connectivity index (χ4n) is 4.26. The Labute approximate surface area is 217 Å². The Bertz CT molecular complexity index is 1460. The van der Waals surface area contributed by atoms with E-state index in [4.69, 9.17) is 16.6 Å². The molecule has 0 spiro atoms. The van der Waals surface area contributed by atoms with Crippen LogP contribution in [0, 0.1) is 6.92 Å². The molecule has 4 aromatic rings. The number of hydrogen-bond acceptors (Lipinski definition) is 7. The van der Waals surface area contributed by atoms with Gasteiger partial charge in [0.2, 0.25) is 5.91 Å². The van der Waals surface area contributed by atoms with Gasteiger partial charge < -0.3 is 0 Å². The van der Waals surface area contributed by atoms with Crippen LogP contribution in [-0.2, 0) is 21.4 Å². The highest BCUT2D eigenvalue weighted by Crippen LogP contribution is 2.36. The van der Waals surface area contributed by atoms with Crippen LogP contribution in [0.5, 0.6) is 0 Å². The predicted octanol–water partition coefficient (Wildman–Crippen LogP) is 5.49. The lowest BCUT2D eigenvalue weighted by atomic mass is 10.0. The summed E-state index contributed by atoms with van der Waals surface area (Å²) in [6, 6.07) is 9.92. The third kappa shape index (κ3) is 4.73. The molecule has 0 radical (unpaired) electrons. The number of rotatable bonds is 6. The van der Waals surface area contributed by atoms with Crippen LogP contribution in [0.2, 0.25) is 5.02 Å². The molecule has 0 aliphatic carbocycles. The van der Waals surface area contributed by atoms with Gasteiger partial charge >= 0.3 is 0 Å². The first-order chi connectivity index (χ1) is 16.9. The van der Waals surface area contributed by atoms with Gasteiger partial charge in [0.15, 0.2) is 5.13 Å². The number of carbonyl (C=O) groups is 1. The molecule has 0 bridgehead atoms. The molecule has 1 saturated heterocycles. The van der Waals surface area contributed by atoms with E-state index >= 15 is 0 Å². The minimum Gasteiger partial charge on any atom is -0.282 e. The molecule has 11 heteroatoms. The summed E-state index contributed by atoms with van der Waals surface area (Å²) in [5.74, 6) is -0.281. The van der Waals surface area contributed by atoms with Crippen molar-refractivity contribution in [3.63, 3.8) is 0 Å². The van der Waals surface area contributed by atoms with Crippen molar-refractivity contribution in [2.75, 3.05) is 11.4 Å². The van der Waals surface area contributed by atoms with Crippen molar-refractivity contribution in [1.29, 1.82) is 0 Å². The lowest BCUT2D eigenvalue weighted by molar-refractivity contribution is -0.123. The molecule has 4 heterocycles. The maximum absolute atomic E-state index is 14.1. The van der Waals surface area contributed by atoms with Gasteiger partial charge in [0, 0.05) is 24.0 Å². The fraction of sp³-hybridized carbons (Fsp3) is 0.292. The summed E-state index contributed by atoms with van der Waals surface area (Å²) in [6.45, 7) is 2.45. The van der Waals surface area contributed by atoms with Crippen LogP contribution in [0.3, 0.4) is 0 Å². The number of aryl methyl sites for hydroxylation is 1. The summed E-state index contributed by atoms with van der Waals surface area (Å²) in [6.07, 6.45) is 5.34. The van der Waals surface area contributed by atoms with E-state index in [1.165, 1.54) is 15.6 Å². The smallest absolute Gasteiger partial charge is 0.253 e. The molecule has 1 amide bonds. The van der Waals surface area contributed by atoms with E-state index in [0.29, 0.717) is 23.1 Å². The minimum atomic E-state index is -3.78. The molecule has 1 aliphatic rings. The molecule has 182 valence electrons. The van der Waals surface area contributed by atoms with E-state index in [0.717, 1.165) is 45.5 Å². The van der Waals surface area contributed by atoms with Gasteiger partial charge in [-0.3, -0.25) is 14.7 Å². The molecule has 0 saturated carbocycles. The zero-order valence-corrected chi connectivity index (χ0v) is 22.1. The van der Waals surface area contributed by atoms with Gasteiger partial charge in [-0.25, -0.2) is 13.4 Å². The van der Waals surface area contributed by atoms with Crippen LogP contribution in [0.15, 0.2) is 58.4 Å². The van der Waals surface area contributed by atoms with Crippen molar-refractivity contribution >= 4 is 65.6 Å². The number of pyridine rings is 1. The third-order valence-corrected chi connectivity index (χ3v) is 10.8. The third-order valence-electron chi connectivity index (χ3n) is 6.09. The Morgan fingerprint density at radius 2 is 2.09 bits per heavy atom. The van der Waals surface area contributed by atoms with Crippen LogP contribution in [-0.4, -0.2) is 41.2 Å². The molecule has 1 aromatic carbocycles. The number of carbonyl (C=O) groups excluding carboxylic acids is 1. The van der Waals surface area contributed by atoms with Crippen molar-refractivity contribution in [2.45, 2.75) is 43.0 Å². The second-order valence-electron chi connectivity index (χ2n) is 8.36. The highest BCUT2D eigenvalue weighted by Gasteiger charge is 2.41. The number of anilines is 1. The predicted molar refractivity (Wildman–Crippen MR) is 141 cm³/mol. The Kier molecular flexibility index (Phi) is 6.91. The molecule has 1 unspecified atom stereocenters. The SMILES string of the molecule is Cc1c(Cl)ccc2sc(N(Cc3cccnc3)C(=O)C3CCCCN3S(=O)(=O)c3cccs3)nc12. The van der Waals surface area contributed by atoms with Gasteiger partial charge in [0.1, 0.15) is 10.3 Å². The summed E-state index contributed by atoms with van der Waals surface area (Å²) in [5, 5.41) is 2.86. The number of nitrogens with zero attached hydrogens (tertiary/aromatic N) is 4. The number of benzene rings is 1. The van der Waals surface area contributed by atoms with Gasteiger partial charge in [-0.15, -0.1) is 11.3 Å². The second kappa shape index (κ2) is 9.94. The lowest BCUT2D eigenvalue weighted by Gasteiger charge is -2.35. The summed E-state index contributed by atoms with van der Waals surface area (Å²) >= 11 is 8.87. The molecule has 1 aliphatic heterocycles. The van der Waals surface area contributed by atoms with Crippen molar-refractivity contribution in [3.05, 3.63) is 70.3 Å². The maximum Gasteiger partial charge on any atom is 0.253 e. The lowest BCUT2D eigenvalue weighted by Crippen LogP contribution is -2.52. The van der Waals surface area contributed by atoms with Gasteiger partial charge in [0.05, 0.1) is 16.8 Å². The van der Waals surface area contributed by atoms with Gasteiger partial charge in [-0.1, -0.05) is 41.5 Å². The van der Waals surface area contributed by atoms with Crippen LogP contribution in [0.1, 0.15) is 30.4 Å². The first kappa shape index (κ1) is 24.3. The van der Waals surface area contributed by atoms with Crippen molar-refractivity contribution in [1.82, 2.24) is 14.3 Å². The highest BCUT2D eigenvalue weighted by molar-refractivity contribution is 7.91. The van der Waals surface area contributed by atoms with Gasteiger partial charge in [0.25, 0.3) is 10.0 Å². The van der Waals surface area contributed by atoms with Crippen LogP contribution >= 0.6 is 34.3 Å². The second-order valence-corrected chi connectivity index (χ2v) is 12.8. The molecule has 35 heavy (non-hydrogen) atoms. The van der Waals surface area contributed by atoms with Crippen LogP contribution in [0.25, 0.3) is 10.2 Å². The number of aromatic nitrogens is 2. The summed E-state index contributed by atoms with van der Waals surface area (Å²) in [7, 11) is -3.78. The Hall–Kier alpha value is -2.37. The molecule has 7 nitrogen and oxygen atoms in total. The topological polar surface area (TPSA) is 83.5 Å². The maximum atomic E-state index is 14.1. The standard InChI is InChI=1S/C24H23ClN4O3S3/c1-16-18(25)9-10-20-22(16)27-24(34-20)28(15-17-6-4-11-26-14-17)23(30)19-7-2-3-12-29(19)35(31,32)21-8-5-13-33-21/h4-6,8-11,13-14,19H,2-3,7,12,15H2,1H3. The van der Waals surface area contributed by atoms with Crippen molar-refractivity contribution in [2.24, 2.45) is 0 Å². The summed E-state index contributed by atoms with van der Waals surface area (Å²) in [5.41, 5.74) is 2.42. The molecule has 3 aromatic heterocycles. The number of fused-ring (bicyclic) bond motifs is 1. The van der Waals surface area contributed by atoms with Crippen molar-refractivity contribution in [3.8, 4) is 0 Å². The monoisotopic (exact) mass is 546 g/mol. The van der Waals surface area contributed by atoms with E-state index in [1.807, 2.05) is 31.2 Å². The summed E-state index contributed by atoms with van der Waals surface area (Å²) < 4.78 is 29.4. The average Bonchev–Trinajstić information content (AvgIpc) is 3.56. The molecule has 0 N–H and O–H groups in total. The number of hydrogen-bond donors (Lipinski definition) is 0.